The van der Waals surface area contributed by atoms with Gasteiger partial charge in [-0.05, 0) is 62.6 Å². The molecule has 2 heterocycles. The lowest BCUT2D eigenvalue weighted by atomic mass is 10.0. The van der Waals surface area contributed by atoms with Crippen LogP contribution in [0.25, 0.3) is 10.8 Å². The van der Waals surface area contributed by atoms with Crippen LogP contribution in [0.15, 0.2) is 53.5 Å². The fraction of sp³-hybridized carbons (Fsp3) is 0.320. The van der Waals surface area contributed by atoms with Crippen molar-refractivity contribution >= 4 is 40.1 Å². The van der Waals surface area contributed by atoms with Crippen molar-refractivity contribution in [3.63, 3.8) is 0 Å². The third kappa shape index (κ3) is 4.59. The summed E-state index contributed by atoms with van der Waals surface area (Å²) in [6.07, 6.45) is 2.82. The normalized spacial score (nSPS) is 14.3. The third-order valence-corrected chi connectivity index (χ3v) is 6.53. The summed E-state index contributed by atoms with van der Waals surface area (Å²) in [5.74, 6) is -0.280. The van der Waals surface area contributed by atoms with Gasteiger partial charge < -0.3 is 19.5 Å². The highest BCUT2D eigenvalue weighted by molar-refractivity contribution is 6.32. The van der Waals surface area contributed by atoms with Crippen molar-refractivity contribution in [2.24, 2.45) is 0 Å². The molecule has 0 aliphatic carbocycles. The second-order valence-corrected chi connectivity index (χ2v) is 8.49. The van der Waals surface area contributed by atoms with E-state index in [1.54, 1.807) is 65.9 Å². The van der Waals surface area contributed by atoms with Crippen molar-refractivity contribution in [2.75, 3.05) is 25.0 Å². The van der Waals surface area contributed by atoms with Crippen LogP contribution in [0.5, 0.6) is 0 Å². The second kappa shape index (κ2) is 9.67. The molecule has 1 saturated heterocycles. The number of aromatic nitrogens is 1. The maximum Gasteiger partial charge on any atom is 0.409 e. The van der Waals surface area contributed by atoms with E-state index in [0.717, 1.165) is 0 Å². The van der Waals surface area contributed by atoms with Gasteiger partial charge in [0, 0.05) is 52.4 Å². The van der Waals surface area contributed by atoms with E-state index in [1.165, 1.54) is 0 Å². The monoisotopic (exact) mass is 467 g/mol. The molecular weight excluding hydrogens is 442 g/mol. The summed E-state index contributed by atoms with van der Waals surface area (Å²) >= 11 is 6.16. The van der Waals surface area contributed by atoms with Gasteiger partial charge in [-0.3, -0.25) is 9.59 Å². The number of likely N-dealkylation sites (tertiary alicyclic amines) is 1. The molecule has 1 aromatic heterocycles. The lowest BCUT2D eigenvalue weighted by Crippen LogP contribution is -2.41. The minimum atomic E-state index is -0.308. The summed E-state index contributed by atoms with van der Waals surface area (Å²) in [6.45, 7) is 5.02. The highest BCUT2D eigenvalue weighted by atomic mass is 35.5. The second-order valence-electron chi connectivity index (χ2n) is 8.08. The van der Waals surface area contributed by atoms with Crippen LogP contribution in [-0.4, -0.2) is 41.2 Å². The van der Waals surface area contributed by atoms with Crippen LogP contribution in [0.1, 0.15) is 41.7 Å². The van der Waals surface area contributed by atoms with Gasteiger partial charge in [0.05, 0.1) is 6.61 Å². The SMILES string of the molecule is CCOC(=O)N1CCC(n2ccc3c(NC(=O)c4cccc(Cl)c4C)cccc3c2=O)CC1. The van der Waals surface area contributed by atoms with Gasteiger partial charge in [0.15, 0.2) is 0 Å². The van der Waals surface area contributed by atoms with E-state index in [4.69, 9.17) is 16.3 Å². The Morgan fingerprint density at radius 3 is 2.55 bits per heavy atom. The number of amides is 2. The van der Waals surface area contributed by atoms with Crippen LogP contribution in [0.2, 0.25) is 5.02 Å². The lowest BCUT2D eigenvalue weighted by Gasteiger charge is -2.32. The predicted octanol–water partition coefficient (Wildman–Crippen LogP) is 5.01. The summed E-state index contributed by atoms with van der Waals surface area (Å²) in [5, 5.41) is 4.66. The molecule has 2 aromatic carbocycles. The Labute approximate surface area is 196 Å². The molecular formula is C25H26ClN3O4. The largest absolute Gasteiger partial charge is 0.450 e. The Morgan fingerprint density at radius 2 is 1.82 bits per heavy atom. The van der Waals surface area contributed by atoms with Crippen LogP contribution in [-0.2, 0) is 4.74 Å². The van der Waals surface area contributed by atoms with Gasteiger partial charge in [0.1, 0.15) is 0 Å². The highest BCUT2D eigenvalue weighted by Crippen LogP contribution is 2.26. The Morgan fingerprint density at radius 1 is 1.09 bits per heavy atom. The first-order valence-corrected chi connectivity index (χ1v) is 11.4. The summed E-state index contributed by atoms with van der Waals surface area (Å²) in [7, 11) is 0. The van der Waals surface area contributed by atoms with Crippen LogP contribution >= 0.6 is 11.6 Å². The van der Waals surface area contributed by atoms with Crippen LogP contribution in [0.4, 0.5) is 10.5 Å². The number of fused-ring (bicyclic) bond motifs is 1. The molecule has 1 fully saturated rings. The van der Waals surface area contributed by atoms with Gasteiger partial charge in [0.25, 0.3) is 11.5 Å². The first-order valence-electron chi connectivity index (χ1n) is 11.0. The van der Waals surface area contributed by atoms with Gasteiger partial charge >= 0.3 is 6.09 Å². The van der Waals surface area contributed by atoms with Crippen LogP contribution in [0, 0.1) is 6.92 Å². The molecule has 172 valence electrons. The number of ether oxygens (including phenoxy) is 1. The number of rotatable bonds is 4. The zero-order valence-corrected chi connectivity index (χ0v) is 19.4. The maximum absolute atomic E-state index is 13.3. The molecule has 0 bridgehead atoms. The standard InChI is InChI=1S/C25H26ClN3O4/c1-3-33-25(32)28-13-10-17(11-14-28)29-15-12-19-20(24(29)31)7-5-9-22(19)27-23(30)18-6-4-8-21(26)16(18)2/h4-9,12,15,17H,3,10-11,13-14H2,1-2H3,(H,27,30). The molecule has 1 N–H and O–H groups in total. The van der Waals surface area contributed by atoms with Crippen molar-refractivity contribution < 1.29 is 14.3 Å². The number of anilines is 1. The van der Waals surface area contributed by atoms with E-state index in [1.807, 2.05) is 6.07 Å². The maximum atomic E-state index is 13.3. The van der Waals surface area contributed by atoms with Gasteiger partial charge in [-0.15, -0.1) is 0 Å². The fourth-order valence-electron chi connectivity index (χ4n) is 4.27. The van der Waals surface area contributed by atoms with Crippen LogP contribution < -0.4 is 10.9 Å². The average molecular weight is 468 g/mol. The van der Waals surface area contributed by atoms with E-state index in [2.05, 4.69) is 5.32 Å². The molecule has 0 unspecified atom stereocenters. The number of nitrogens with zero attached hydrogens (tertiary/aromatic N) is 2. The molecule has 1 aliphatic rings. The molecule has 0 atom stereocenters. The van der Waals surface area contributed by atoms with E-state index in [9.17, 15) is 14.4 Å². The van der Waals surface area contributed by atoms with Gasteiger partial charge in [0.2, 0.25) is 0 Å². The summed E-state index contributed by atoms with van der Waals surface area (Å²) in [5.41, 5.74) is 1.64. The van der Waals surface area contributed by atoms with Gasteiger partial charge in [-0.2, -0.15) is 0 Å². The summed E-state index contributed by atoms with van der Waals surface area (Å²) < 4.78 is 6.80. The smallest absolute Gasteiger partial charge is 0.409 e. The predicted molar refractivity (Wildman–Crippen MR) is 129 cm³/mol. The van der Waals surface area contributed by atoms with Crippen LogP contribution in [0.3, 0.4) is 0 Å². The number of hydrogen-bond acceptors (Lipinski definition) is 4. The minimum Gasteiger partial charge on any atom is -0.450 e. The summed E-state index contributed by atoms with van der Waals surface area (Å²) in [4.78, 5) is 39.8. The number of halogens is 1. The van der Waals surface area contributed by atoms with E-state index >= 15 is 0 Å². The number of piperidine rings is 1. The van der Waals surface area contributed by atoms with E-state index in [-0.39, 0.29) is 23.6 Å². The Bertz CT molecular complexity index is 1260. The number of carbonyl (C=O) groups is 2. The lowest BCUT2D eigenvalue weighted by molar-refractivity contribution is 0.0923. The number of nitrogens with one attached hydrogen (secondary N) is 1. The van der Waals surface area contributed by atoms with Crippen molar-refractivity contribution in [2.45, 2.75) is 32.7 Å². The van der Waals surface area contributed by atoms with E-state index < -0.39 is 0 Å². The van der Waals surface area contributed by atoms with E-state index in [0.29, 0.717) is 65.1 Å². The Kier molecular flexibility index (Phi) is 6.70. The van der Waals surface area contributed by atoms with Crippen molar-refractivity contribution in [3.05, 3.63) is 75.2 Å². The highest BCUT2D eigenvalue weighted by Gasteiger charge is 2.25. The van der Waals surface area contributed by atoms with Crippen molar-refractivity contribution in [3.8, 4) is 0 Å². The Balaban J connectivity index is 1.57. The van der Waals surface area contributed by atoms with Crippen molar-refractivity contribution in [1.82, 2.24) is 9.47 Å². The molecule has 0 spiro atoms. The first kappa shape index (κ1) is 22.9. The number of hydrogen-bond donors (Lipinski definition) is 1. The molecule has 4 rings (SSSR count). The van der Waals surface area contributed by atoms with Gasteiger partial charge in [-0.1, -0.05) is 23.7 Å². The topological polar surface area (TPSA) is 80.6 Å². The molecule has 0 saturated carbocycles. The fourth-order valence-corrected chi connectivity index (χ4v) is 4.45. The summed E-state index contributed by atoms with van der Waals surface area (Å²) in [6, 6.07) is 12.4. The van der Waals surface area contributed by atoms with Gasteiger partial charge in [-0.25, -0.2) is 4.79 Å². The average Bonchev–Trinajstić information content (AvgIpc) is 2.82. The molecule has 0 radical (unpaired) electrons. The number of benzene rings is 2. The third-order valence-electron chi connectivity index (χ3n) is 6.12. The van der Waals surface area contributed by atoms with Crippen molar-refractivity contribution in [1.29, 1.82) is 0 Å². The first-order chi connectivity index (χ1) is 15.9. The molecule has 33 heavy (non-hydrogen) atoms. The number of carbonyl (C=O) groups excluding carboxylic acids is 2. The molecule has 3 aromatic rings. The molecule has 8 heteroatoms. The Hall–Kier alpha value is -3.32. The molecule has 7 nitrogen and oxygen atoms in total. The molecule has 1 aliphatic heterocycles. The molecule has 2 amide bonds. The zero-order valence-electron chi connectivity index (χ0n) is 18.6. The minimum absolute atomic E-state index is 0.0000611. The quantitative estimate of drug-likeness (QED) is 0.585. The zero-order chi connectivity index (χ0) is 23.5. The number of pyridine rings is 1.